The summed E-state index contributed by atoms with van der Waals surface area (Å²) in [7, 11) is 0. The highest BCUT2D eigenvalue weighted by atomic mass is 14.8. The van der Waals surface area contributed by atoms with Gasteiger partial charge in [-0.05, 0) is 38.9 Å². The summed E-state index contributed by atoms with van der Waals surface area (Å²) in [6.45, 7) is 10.3. The number of hydrogen-bond donors (Lipinski definition) is 2. The predicted octanol–water partition coefficient (Wildman–Crippen LogP) is 2.32. The van der Waals surface area contributed by atoms with Gasteiger partial charge in [-0.1, -0.05) is 25.8 Å². The van der Waals surface area contributed by atoms with Gasteiger partial charge < -0.3 is 10.6 Å². The molecule has 2 heteroatoms. The molecule has 84 valence electrons. The summed E-state index contributed by atoms with van der Waals surface area (Å²) >= 11 is 0. The van der Waals surface area contributed by atoms with Crippen molar-refractivity contribution >= 4 is 0 Å². The maximum atomic E-state index is 3.67. The average Bonchev–Trinajstić information content (AvgIpc) is 2.21. The molecular weight excluding hydrogens is 172 g/mol. The Hall–Kier alpha value is -0.340. The molecule has 0 rings (SSSR count). The first-order chi connectivity index (χ1) is 6.91. The van der Waals surface area contributed by atoms with E-state index in [0.29, 0.717) is 0 Å². The highest BCUT2D eigenvalue weighted by Crippen LogP contribution is 1.97. The molecule has 0 saturated heterocycles. The van der Waals surface area contributed by atoms with Crippen LogP contribution in [0, 0.1) is 0 Å². The molecule has 0 saturated carbocycles. The molecule has 0 aromatic heterocycles. The molecule has 0 amide bonds. The number of unbranched alkanes of at least 4 members (excludes halogenated alkanes) is 3. The standard InChI is InChI=1S/C12H26N2/c1-3-9-13-11-7-5-6-8-12-14-10-4-2/h3,13-14H,1,4-12H2,2H3. The molecule has 0 heterocycles. The van der Waals surface area contributed by atoms with E-state index in [1.807, 2.05) is 6.08 Å². The molecule has 2 nitrogen and oxygen atoms in total. The molecule has 0 aliphatic carbocycles. The second-order valence-corrected chi connectivity index (χ2v) is 3.66. The van der Waals surface area contributed by atoms with Crippen LogP contribution in [0.1, 0.15) is 39.0 Å². The lowest BCUT2D eigenvalue weighted by atomic mass is 10.2. The molecule has 0 atom stereocenters. The van der Waals surface area contributed by atoms with E-state index in [4.69, 9.17) is 0 Å². The van der Waals surface area contributed by atoms with Crippen LogP contribution in [0.25, 0.3) is 0 Å². The normalized spacial score (nSPS) is 10.4. The van der Waals surface area contributed by atoms with E-state index < -0.39 is 0 Å². The molecule has 0 fully saturated rings. The molecule has 14 heavy (non-hydrogen) atoms. The van der Waals surface area contributed by atoms with Crippen LogP contribution in [0.5, 0.6) is 0 Å². The first-order valence-corrected chi connectivity index (χ1v) is 5.94. The number of nitrogens with one attached hydrogen (secondary N) is 2. The van der Waals surface area contributed by atoms with Crippen LogP contribution in [-0.4, -0.2) is 26.2 Å². The molecular formula is C12H26N2. The second-order valence-electron chi connectivity index (χ2n) is 3.66. The maximum absolute atomic E-state index is 3.67. The average molecular weight is 198 g/mol. The van der Waals surface area contributed by atoms with Crippen molar-refractivity contribution in [2.75, 3.05) is 26.2 Å². The van der Waals surface area contributed by atoms with Gasteiger partial charge >= 0.3 is 0 Å². The molecule has 0 aliphatic heterocycles. The summed E-state index contributed by atoms with van der Waals surface area (Å²) in [6, 6.07) is 0. The first kappa shape index (κ1) is 13.7. The van der Waals surface area contributed by atoms with E-state index in [0.717, 1.165) is 13.1 Å². The molecule has 0 aliphatic rings. The molecule has 0 aromatic carbocycles. The van der Waals surface area contributed by atoms with Gasteiger partial charge in [0.25, 0.3) is 0 Å². The molecule has 0 spiro atoms. The Balaban J connectivity index is 2.81. The van der Waals surface area contributed by atoms with Crippen LogP contribution in [-0.2, 0) is 0 Å². The van der Waals surface area contributed by atoms with E-state index in [1.165, 1.54) is 45.2 Å². The molecule has 0 bridgehead atoms. The summed E-state index contributed by atoms with van der Waals surface area (Å²) < 4.78 is 0. The fraction of sp³-hybridized carbons (Fsp3) is 0.833. The van der Waals surface area contributed by atoms with Crippen LogP contribution in [0.3, 0.4) is 0 Å². The molecule has 0 radical (unpaired) electrons. The van der Waals surface area contributed by atoms with Gasteiger partial charge in [0.1, 0.15) is 0 Å². The minimum Gasteiger partial charge on any atom is -0.317 e. The van der Waals surface area contributed by atoms with Crippen molar-refractivity contribution in [3.05, 3.63) is 12.7 Å². The Labute approximate surface area is 89.2 Å². The number of hydrogen-bond acceptors (Lipinski definition) is 2. The smallest absolute Gasteiger partial charge is 0.0132 e. The van der Waals surface area contributed by atoms with Gasteiger partial charge in [0, 0.05) is 6.54 Å². The van der Waals surface area contributed by atoms with Gasteiger partial charge in [0.05, 0.1) is 0 Å². The fourth-order valence-corrected chi connectivity index (χ4v) is 1.36. The zero-order valence-corrected chi connectivity index (χ0v) is 9.65. The first-order valence-electron chi connectivity index (χ1n) is 5.94. The quantitative estimate of drug-likeness (QED) is 0.393. The number of rotatable bonds is 11. The zero-order chi connectivity index (χ0) is 10.5. The molecule has 0 unspecified atom stereocenters. The van der Waals surface area contributed by atoms with Crippen LogP contribution in [0.2, 0.25) is 0 Å². The van der Waals surface area contributed by atoms with Gasteiger partial charge in [0.2, 0.25) is 0 Å². The fourth-order valence-electron chi connectivity index (χ4n) is 1.36. The maximum Gasteiger partial charge on any atom is 0.0132 e. The van der Waals surface area contributed by atoms with Crippen molar-refractivity contribution in [2.24, 2.45) is 0 Å². The van der Waals surface area contributed by atoms with Crippen molar-refractivity contribution < 1.29 is 0 Å². The topological polar surface area (TPSA) is 24.1 Å². The van der Waals surface area contributed by atoms with Gasteiger partial charge in [-0.25, -0.2) is 0 Å². The highest BCUT2D eigenvalue weighted by molar-refractivity contribution is 4.69. The lowest BCUT2D eigenvalue weighted by molar-refractivity contribution is 0.571. The van der Waals surface area contributed by atoms with Gasteiger partial charge in [-0.3, -0.25) is 0 Å². The second kappa shape index (κ2) is 12.7. The summed E-state index contributed by atoms with van der Waals surface area (Å²) in [6.07, 6.45) is 8.47. The van der Waals surface area contributed by atoms with E-state index in [9.17, 15) is 0 Å². The Morgan fingerprint density at radius 1 is 0.929 bits per heavy atom. The largest absolute Gasteiger partial charge is 0.317 e. The monoisotopic (exact) mass is 198 g/mol. The SMILES string of the molecule is C=CCNCCCCCCNCCC. The van der Waals surface area contributed by atoms with Crippen molar-refractivity contribution in [3.8, 4) is 0 Å². The summed E-state index contributed by atoms with van der Waals surface area (Å²) in [4.78, 5) is 0. The Bertz CT molecular complexity index is 113. The van der Waals surface area contributed by atoms with Crippen molar-refractivity contribution in [2.45, 2.75) is 39.0 Å². The third-order valence-corrected chi connectivity index (χ3v) is 2.17. The van der Waals surface area contributed by atoms with E-state index in [2.05, 4.69) is 24.1 Å². The van der Waals surface area contributed by atoms with E-state index in [1.54, 1.807) is 0 Å². The molecule has 2 N–H and O–H groups in total. The minimum atomic E-state index is 0.943. The van der Waals surface area contributed by atoms with Gasteiger partial charge in [0.15, 0.2) is 0 Å². The molecule has 0 aromatic rings. The summed E-state index contributed by atoms with van der Waals surface area (Å²) in [5.41, 5.74) is 0. The third kappa shape index (κ3) is 11.7. The van der Waals surface area contributed by atoms with E-state index in [-0.39, 0.29) is 0 Å². The van der Waals surface area contributed by atoms with Crippen LogP contribution in [0.4, 0.5) is 0 Å². The highest BCUT2D eigenvalue weighted by Gasteiger charge is 1.89. The van der Waals surface area contributed by atoms with Crippen molar-refractivity contribution in [3.63, 3.8) is 0 Å². The summed E-state index contributed by atoms with van der Waals surface area (Å²) in [5.74, 6) is 0. The van der Waals surface area contributed by atoms with Crippen molar-refractivity contribution in [1.82, 2.24) is 10.6 Å². The van der Waals surface area contributed by atoms with Gasteiger partial charge in [-0.15, -0.1) is 6.58 Å². The Morgan fingerprint density at radius 3 is 2.14 bits per heavy atom. The summed E-state index contributed by atoms with van der Waals surface area (Å²) in [5, 5.41) is 6.73. The lowest BCUT2D eigenvalue weighted by Gasteiger charge is -2.03. The van der Waals surface area contributed by atoms with Crippen LogP contribution in [0.15, 0.2) is 12.7 Å². The van der Waals surface area contributed by atoms with Gasteiger partial charge in [-0.2, -0.15) is 0 Å². The van der Waals surface area contributed by atoms with Crippen molar-refractivity contribution in [1.29, 1.82) is 0 Å². The van der Waals surface area contributed by atoms with Crippen LogP contribution >= 0.6 is 0 Å². The Kier molecular flexibility index (Phi) is 12.4. The third-order valence-electron chi connectivity index (χ3n) is 2.17. The Morgan fingerprint density at radius 2 is 1.57 bits per heavy atom. The zero-order valence-electron chi connectivity index (χ0n) is 9.65. The lowest BCUT2D eigenvalue weighted by Crippen LogP contribution is -2.16. The van der Waals surface area contributed by atoms with Crippen LogP contribution < -0.4 is 10.6 Å². The minimum absolute atomic E-state index is 0.943. The van der Waals surface area contributed by atoms with E-state index >= 15 is 0 Å². The predicted molar refractivity (Wildman–Crippen MR) is 64.7 cm³/mol.